The molecule has 1 aliphatic rings. The van der Waals surface area contributed by atoms with Crippen LogP contribution in [0.15, 0.2) is 59.1 Å². The first kappa shape index (κ1) is 18.4. The summed E-state index contributed by atoms with van der Waals surface area (Å²) in [5.74, 6) is 1.03. The summed E-state index contributed by atoms with van der Waals surface area (Å²) in [5.41, 5.74) is 1.46. The third kappa shape index (κ3) is 3.97. The van der Waals surface area contributed by atoms with E-state index in [1.165, 1.54) is 0 Å². The smallest absolute Gasteiger partial charge is 0.233 e. The molecule has 1 fully saturated rings. The number of hydrogen-bond acceptors (Lipinski definition) is 5. The van der Waals surface area contributed by atoms with Crippen LogP contribution >= 0.6 is 11.6 Å². The maximum absolute atomic E-state index is 12.3. The second-order valence-electron chi connectivity index (χ2n) is 6.75. The molecule has 1 aliphatic heterocycles. The molecule has 0 saturated carbocycles. The third-order valence-electron chi connectivity index (χ3n) is 4.79. The molecule has 1 saturated heterocycles. The van der Waals surface area contributed by atoms with Crippen molar-refractivity contribution in [1.82, 2.24) is 15.0 Å². The van der Waals surface area contributed by atoms with Crippen molar-refractivity contribution in [3.05, 3.63) is 71.1 Å². The fourth-order valence-corrected chi connectivity index (χ4v) is 3.23. The average Bonchev–Trinajstić information content (AvgIpc) is 3.16. The standard InChI is InChI=1S/C21H18ClN3O3/c22-17-8-6-14(7-9-17)18(26)10-11-19(27)25-12-16(13-25)21-23-20(24-28-21)15-4-2-1-3-5-15/h1-9,16H,10-13H2. The fraction of sp³-hybridized carbons (Fsp3) is 0.238. The molecule has 4 rings (SSSR count). The fourth-order valence-electron chi connectivity index (χ4n) is 3.10. The van der Waals surface area contributed by atoms with Gasteiger partial charge < -0.3 is 9.42 Å². The van der Waals surface area contributed by atoms with Crippen LogP contribution in [0.5, 0.6) is 0 Å². The van der Waals surface area contributed by atoms with Crippen molar-refractivity contribution in [2.45, 2.75) is 18.8 Å². The van der Waals surface area contributed by atoms with Crippen molar-refractivity contribution in [1.29, 1.82) is 0 Å². The van der Waals surface area contributed by atoms with E-state index in [4.69, 9.17) is 16.1 Å². The minimum Gasteiger partial charge on any atom is -0.341 e. The number of aromatic nitrogens is 2. The summed E-state index contributed by atoms with van der Waals surface area (Å²) < 4.78 is 5.35. The quantitative estimate of drug-likeness (QED) is 0.590. The number of hydrogen-bond donors (Lipinski definition) is 0. The molecule has 2 aromatic carbocycles. The summed E-state index contributed by atoms with van der Waals surface area (Å²) >= 11 is 5.82. The Morgan fingerprint density at radius 2 is 1.75 bits per heavy atom. The molecule has 0 bridgehead atoms. The molecule has 7 heteroatoms. The summed E-state index contributed by atoms with van der Waals surface area (Å²) in [6.07, 6.45) is 0.369. The Kier molecular flexibility index (Phi) is 5.21. The number of ketones is 1. The molecule has 0 atom stereocenters. The largest absolute Gasteiger partial charge is 0.341 e. The number of likely N-dealkylation sites (tertiary alicyclic amines) is 1. The Hall–Kier alpha value is -2.99. The topological polar surface area (TPSA) is 76.3 Å². The lowest BCUT2D eigenvalue weighted by molar-refractivity contribution is -0.135. The molecule has 142 valence electrons. The summed E-state index contributed by atoms with van der Waals surface area (Å²) in [5, 5.41) is 4.59. The Bertz CT molecular complexity index is 980. The van der Waals surface area contributed by atoms with Gasteiger partial charge in [-0.2, -0.15) is 4.98 Å². The SMILES string of the molecule is O=C(CCC(=O)N1CC(c2nc(-c3ccccc3)no2)C1)c1ccc(Cl)cc1. The second-order valence-corrected chi connectivity index (χ2v) is 7.18. The number of carbonyl (C=O) groups excluding carboxylic acids is 2. The molecule has 6 nitrogen and oxygen atoms in total. The Balaban J connectivity index is 1.27. The van der Waals surface area contributed by atoms with Gasteiger partial charge in [-0.25, -0.2) is 0 Å². The summed E-state index contributed by atoms with van der Waals surface area (Å²) in [4.78, 5) is 30.6. The van der Waals surface area contributed by atoms with E-state index in [0.717, 1.165) is 5.56 Å². The first-order chi connectivity index (χ1) is 13.6. The molecular weight excluding hydrogens is 378 g/mol. The first-order valence-electron chi connectivity index (χ1n) is 9.06. The lowest BCUT2D eigenvalue weighted by Gasteiger charge is -2.37. The monoisotopic (exact) mass is 395 g/mol. The molecule has 28 heavy (non-hydrogen) atoms. The second kappa shape index (κ2) is 7.94. The number of halogens is 1. The number of Topliss-reactive ketones (excluding diaryl/α,β-unsaturated/α-hetero) is 1. The van der Waals surface area contributed by atoms with Crippen molar-refractivity contribution in [2.75, 3.05) is 13.1 Å². The molecule has 0 radical (unpaired) electrons. The summed E-state index contributed by atoms with van der Waals surface area (Å²) in [6.45, 7) is 1.06. The van der Waals surface area contributed by atoms with E-state index in [2.05, 4.69) is 10.1 Å². The van der Waals surface area contributed by atoms with Crippen LogP contribution in [0.2, 0.25) is 5.02 Å². The van der Waals surface area contributed by atoms with Gasteiger partial charge in [0.25, 0.3) is 0 Å². The van der Waals surface area contributed by atoms with Gasteiger partial charge in [-0.3, -0.25) is 9.59 Å². The Labute approximate surface area is 167 Å². The molecule has 3 aromatic rings. The maximum Gasteiger partial charge on any atom is 0.233 e. The van der Waals surface area contributed by atoms with Gasteiger partial charge in [-0.05, 0) is 24.3 Å². The van der Waals surface area contributed by atoms with Gasteiger partial charge in [0, 0.05) is 42.1 Å². The normalized spacial score (nSPS) is 14.0. The van der Waals surface area contributed by atoms with Crippen LogP contribution in [0.1, 0.15) is 35.0 Å². The number of benzene rings is 2. The molecule has 0 unspecified atom stereocenters. The number of nitrogens with zero attached hydrogens (tertiary/aromatic N) is 3. The van der Waals surface area contributed by atoms with Gasteiger partial charge in [0.2, 0.25) is 17.6 Å². The molecular formula is C21H18ClN3O3. The predicted octanol–water partition coefficient (Wildman–Crippen LogP) is 3.98. The van der Waals surface area contributed by atoms with E-state index in [-0.39, 0.29) is 30.4 Å². The maximum atomic E-state index is 12.3. The van der Waals surface area contributed by atoms with Crippen LogP contribution in [0.4, 0.5) is 0 Å². The van der Waals surface area contributed by atoms with Crippen molar-refractivity contribution < 1.29 is 14.1 Å². The summed E-state index contributed by atoms with van der Waals surface area (Å²) in [7, 11) is 0. The van der Waals surface area contributed by atoms with E-state index in [1.54, 1.807) is 29.2 Å². The number of carbonyl (C=O) groups is 2. The van der Waals surface area contributed by atoms with Crippen molar-refractivity contribution >= 4 is 23.3 Å². The van der Waals surface area contributed by atoms with Crippen LogP contribution in [0.25, 0.3) is 11.4 Å². The zero-order valence-corrected chi connectivity index (χ0v) is 15.8. The van der Waals surface area contributed by atoms with E-state index < -0.39 is 0 Å². The van der Waals surface area contributed by atoms with Crippen LogP contribution in [0.3, 0.4) is 0 Å². The Morgan fingerprint density at radius 3 is 2.46 bits per heavy atom. The minimum atomic E-state index is -0.0634. The molecule has 2 heterocycles. The van der Waals surface area contributed by atoms with Crippen molar-refractivity contribution in [3.8, 4) is 11.4 Å². The minimum absolute atomic E-state index is 0.0404. The third-order valence-corrected chi connectivity index (χ3v) is 5.04. The van der Waals surface area contributed by atoms with Crippen molar-refractivity contribution in [3.63, 3.8) is 0 Å². The van der Waals surface area contributed by atoms with Crippen molar-refractivity contribution in [2.24, 2.45) is 0 Å². The molecule has 1 aromatic heterocycles. The number of amides is 1. The van der Waals surface area contributed by atoms with E-state index >= 15 is 0 Å². The average molecular weight is 396 g/mol. The van der Waals surface area contributed by atoms with E-state index in [1.807, 2.05) is 30.3 Å². The predicted molar refractivity (Wildman–Crippen MR) is 104 cm³/mol. The zero-order chi connectivity index (χ0) is 19.5. The highest BCUT2D eigenvalue weighted by Gasteiger charge is 2.35. The highest BCUT2D eigenvalue weighted by atomic mass is 35.5. The van der Waals surface area contributed by atoms with E-state index in [9.17, 15) is 9.59 Å². The first-order valence-corrected chi connectivity index (χ1v) is 9.43. The lowest BCUT2D eigenvalue weighted by Crippen LogP contribution is -2.48. The van der Waals surface area contributed by atoms with Gasteiger partial charge in [0.1, 0.15) is 0 Å². The van der Waals surface area contributed by atoms with Crippen LogP contribution in [0, 0.1) is 0 Å². The zero-order valence-electron chi connectivity index (χ0n) is 15.0. The van der Waals surface area contributed by atoms with Crippen LogP contribution < -0.4 is 0 Å². The van der Waals surface area contributed by atoms with Gasteiger partial charge >= 0.3 is 0 Å². The molecule has 0 aliphatic carbocycles. The van der Waals surface area contributed by atoms with Gasteiger partial charge in [0.15, 0.2) is 5.78 Å². The van der Waals surface area contributed by atoms with Gasteiger partial charge in [-0.1, -0.05) is 47.1 Å². The Morgan fingerprint density at radius 1 is 1.04 bits per heavy atom. The summed E-state index contributed by atoms with van der Waals surface area (Å²) in [6, 6.07) is 16.3. The molecule has 0 N–H and O–H groups in total. The van der Waals surface area contributed by atoms with Crippen LogP contribution in [-0.2, 0) is 4.79 Å². The highest BCUT2D eigenvalue weighted by Crippen LogP contribution is 2.28. The van der Waals surface area contributed by atoms with Gasteiger partial charge in [0.05, 0.1) is 5.92 Å². The van der Waals surface area contributed by atoms with Gasteiger partial charge in [-0.15, -0.1) is 0 Å². The number of rotatable bonds is 6. The lowest BCUT2D eigenvalue weighted by atomic mass is 9.98. The highest BCUT2D eigenvalue weighted by molar-refractivity contribution is 6.30. The molecule has 0 spiro atoms. The molecule has 1 amide bonds. The van der Waals surface area contributed by atoms with E-state index in [0.29, 0.717) is 35.4 Å². The van der Waals surface area contributed by atoms with Crippen LogP contribution in [-0.4, -0.2) is 39.8 Å².